The molecule has 3 aromatic rings. The van der Waals surface area contributed by atoms with Crippen molar-refractivity contribution >= 4 is 33.0 Å². The van der Waals surface area contributed by atoms with Gasteiger partial charge in [-0.25, -0.2) is 9.78 Å². The Labute approximate surface area is 165 Å². The Hall–Kier alpha value is -3.11. The molecule has 0 amide bonds. The van der Waals surface area contributed by atoms with Crippen LogP contribution in [0.25, 0.3) is 10.6 Å². The summed E-state index contributed by atoms with van der Waals surface area (Å²) in [4.78, 5) is 15.3. The maximum atomic E-state index is 12.7. The largest absolute Gasteiger partial charge is 0.496 e. The first-order valence-corrected chi connectivity index (χ1v) is 10.2. The van der Waals surface area contributed by atoms with Gasteiger partial charge >= 0.3 is 5.97 Å². The fourth-order valence-corrected chi connectivity index (χ4v) is 4.63. The number of aromatic carboxylic acids is 1. The number of thiazole rings is 1. The Bertz CT molecular complexity index is 1120. The minimum Gasteiger partial charge on any atom is -0.496 e. The van der Waals surface area contributed by atoms with E-state index in [-0.39, 0.29) is 22.0 Å². The van der Waals surface area contributed by atoms with Crippen LogP contribution in [-0.2, 0) is 10.0 Å². The van der Waals surface area contributed by atoms with E-state index in [1.165, 1.54) is 49.1 Å². The zero-order chi connectivity index (χ0) is 20.3. The topological polar surface area (TPSA) is 115 Å². The summed E-state index contributed by atoms with van der Waals surface area (Å²) < 4.78 is 38.2. The number of nitrogens with zero attached hydrogens (tertiary/aromatic N) is 1. The van der Waals surface area contributed by atoms with Crippen LogP contribution >= 0.6 is 11.3 Å². The van der Waals surface area contributed by atoms with Gasteiger partial charge in [0.05, 0.1) is 31.0 Å². The van der Waals surface area contributed by atoms with Gasteiger partial charge < -0.3 is 14.6 Å². The van der Waals surface area contributed by atoms with Crippen molar-refractivity contribution in [3.05, 3.63) is 53.4 Å². The van der Waals surface area contributed by atoms with E-state index in [2.05, 4.69) is 9.71 Å². The molecule has 28 heavy (non-hydrogen) atoms. The summed E-state index contributed by atoms with van der Waals surface area (Å²) in [5.41, 5.74) is 0.770. The molecule has 0 atom stereocenters. The number of carboxylic acids is 1. The van der Waals surface area contributed by atoms with E-state index >= 15 is 0 Å². The van der Waals surface area contributed by atoms with E-state index < -0.39 is 16.0 Å². The molecule has 2 N–H and O–H groups in total. The Morgan fingerprint density at radius 1 is 1.11 bits per heavy atom. The van der Waals surface area contributed by atoms with Gasteiger partial charge in [0.1, 0.15) is 16.5 Å². The number of carbonyl (C=O) groups is 1. The van der Waals surface area contributed by atoms with Crippen molar-refractivity contribution in [2.24, 2.45) is 0 Å². The van der Waals surface area contributed by atoms with Crippen LogP contribution in [0.1, 0.15) is 10.4 Å². The third-order valence-electron chi connectivity index (χ3n) is 3.79. The molecule has 1 aromatic heterocycles. The average molecular weight is 420 g/mol. The number of benzene rings is 2. The summed E-state index contributed by atoms with van der Waals surface area (Å²) in [6.45, 7) is 0. The third kappa shape index (κ3) is 3.92. The number of para-hydroxylation sites is 1. The zero-order valence-electron chi connectivity index (χ0n) is 14.9. The van der Waals surface area contributed by atoms with Crippen LogP contribution in [0.2, 0.25) is 0 Å². The van der Waals surface area contributed by atoms with Crippen molar-refractivity contribution in [1.82, 2.24) is 4.98 Å². The fraction of sp³-hybridized carbons (Fsp3) is 0.111. The molecule has 8 nitrogen and oxygen atoms in total. The number of anilines is 1. The Morgan fingerprint density at radius 3 is 2.50 bits per heavy atom. The minimum absolute atomic E-state index is 0.0214. The molecule has 0 unspecified atom stereocenters. The van der Waals surface area contributed by atoms with E-state index in [0.29, 0.717) is 16.3 Å². The fourth-order valence-electron chi connectivity index (χ4n) is 2.43. The molecule has 146 valence electrons. The molecule has 0 spiro atoms. The van der Waals surface area contributed by atoms with Gasteiger partial charge in [0, 0.05) is 5.38 Å². The predicted molar refractivity (Wildman–Crippen MR) is 105 cm³/mol. The number of methoxy groups -OCH3 is 2. The maximum absolute atomic E-state index is 12.7. The van der Waals surface area contributed by atoms with Crippen LogP contribution < -0.4 is 14.2 Å². The van der Waals surface area contributed by atoms with Crippen LogP contribution in [0.3, 0.4) is 0 Å². The number of ether oxygens (including phenoxy) is 2. The molecule has 2 aromatic carbocycles. The number of aromatic nitrogens is 1. The molecular formula is C18H16N2O6S2. The van der Waals surface area contributed by atoms with E-state index in [4.69, 9.17) is 14.6 Å². The summed E-state index contributed by atoms with van der Waals surface area (Å²) in [5.74, 6) is -0.475. The SMILES string of the molecule is COc1cc(C(=O)O)ccc1NS(=O)(=O)c1csc(-c2ccccc2OC)n1. The lowest BCUT2D eigenvalue weighted by Crippen LogP contribution is -2.14. The van der Waals surface area contributed by atoms with Gasteiger partial charge in [0.15, 0.2) is 5.03 Å². The first kappa shape index (κ1) is 19.6. The summed E-state index contributed by atoms with van der Waals surface area (Å²) >= 11 is 1.17. The molecule has 0 aliphatic rings. The van der Waals surface area contributed by atoms with Crippen LogP contribution in [0.15, 0.2) is 52.9 Å². The lowest BCUT2D eigenvalue weighted by molar-refractivity contribution is 0.0696. The molecule has 0 saturated carbocycles. The van der Waals surface area contributed by atoms with Crippen LogP contribution in [-0.4, -0.2) is 38.7 Å². The van der Waals surface area contributed by atoms with Gasteiger partial charge in [0.2, 0.25) is 0 Å². The number of carboxylic acid groups (broad SMARTS) is 1. The summed E-state index contributed by atoms with van der Waals surface area (Å²) in [5, 5.41) is 10.8. The molecule has 0 bridgehead atoms. The second-order valence-corrected chi connectivity index (χ2v) is 8.00. The van der Waals surface area contributed by atoms with Gasteiger partial charge in [-0.1, -0.05) is 12.1 Å². The summed E-state index contributed by atoms with van der Waals surface area (Å²) in [6, 6.07) is 11.0. The third-order valence-corrected chi connectivity index (χ3v) is 6.06. The van der Waals surface area contributed by atoms with Crippen LogP contribution in [0.5, 0.6) is 11.5 Å². The number of nitrogens with one attached hydrogen (secondary N) is 1. The van der Waals surface area contributed by atoms with E-state index in [9.17, 15) is 13.2 Å². The normalized spacial score (nSPS) is 11.1. The number of rotatable bonds is 7. The maximum Gasteiger partial charge on any atom is 0.335 e. The first-order valence-electron chi connectivity index (χ1n) is 7.89. The summed E-state index contributed by atoms with van der Waals surface area (Å²) in [7, 11) is -1.16. The average Bonchev–Trinajstić information content (AvgIpc) is 3.19. The molecule has 10 heteroatoms. The Balaban J connectivity index is 1.93. The standard InChI is InChI=1S/C18H16N2O6S2/c1-25-14-6-4-3-5-12(14)17-19-16(10-27-17)28(23,24)20-13-8-7-11(18(21)22)9-15(13)26-2/h3-10,20H,1-2H3,(H,21,22). The Kier molecular flexibility index (Phi) is 5.52. The lowest BCUT2D eigenvalue weighted by Gasteiger charge is -2.11. The van der Waals surface area contributed by atoms with Crippen molar-refractivity contribution in [3.63, 3.8) is 0 Å². The molecule has 3 rings (SSSR count). The second kappa shape index (κ2) is 7.87. The van der Waals surface area contributed by atoms with Crippen molar-refractivity contribution in [1.29, 1.82) is 0 Å². The number of hydrogen-bond acceptors (Lipinski definition) is 7. The Morgan fingerprint density at radius 2 is 1.82 bits per heavy atom. The highest BCUT2D eigenvalue weighted by atomic mass is 32.2. The van der Waals surface area contributed by atoms with Gasteiger partial charge in [-0.05, 0) is 30.3 Å². The van der Waals surface area contributed by atoms with Crippen molar-refractivity contribution in [2.45, 2.75) is 5.03 Å². The highest BCUT2D eigenvalue weighted by Gasteiger charge is 2.22. The molecular weight excluding hydrogens is 404 g/mol. The molecule has 0 fully saturated rings. The molecule has 0 saturated heterocycles. The highest BCUT2D eigenvalue weighted by molar-refractivity contribution is 7.92. The van der Waals surface area contributed by atoms with Crippen molar-refractivity contribution in [2.75, 3.05) is 18.9 Å². The summed E-state index contributed by atoms with van der Waals surface area (Å²) in [6.07, 6.45) is 0. The van der Waals surface area contributed by atoms with E-state index in [0.717, 1.165) is 0 Å². The monoisotopic (exact) mass is 420 g/mol. The number of sulfonamides is 1. The highest BCUT2D eigenvalue weighted by Crippen LogP contribution is 2.34. The van der Waals surface area contributed by atoms with E-state index in [1.807, 2.05) is 6.07 Å². The van der Waals surface area contributed by atoms with Crippen LogP contribution in [0.4, 0.5) is 5.69 Å². The zero-order valence-corrected chi connectivity index (χ0v) is 16.5. The number of hydrogen-bond donors (Lipinski definition) is 2. The van der Waals surface area contributed by atoms with Crippen LogP contribution in [0, 0.1) is 0 Å². The first-order chi connectivity index (χ1) is 13.4. The van der Waals surface area contributed by atoms with E-state index in [1.54, 1.807) is 18.2 Å². The van der Waals surface area contributed by atoms with Crippen molar-refractivity contribution in [3.8, 4) is 22.1 Å². The van der Waals surface area contributed by atoms with Gasteiger partial charge in [0.25, 0.3) is 10.0 Å². The predicted octanol–water partition coefficient (Wildman–Crippen LogP) is 3.33. The molecule has 1 heterocycles. The van der Waals surface area contributed by atoms with Gasteiger partial charge in [-0.2, -0.15) is 8.42 Å². The molecule has 0 aliphatic carbocycles. The molecule has 0 aliphatic heterocycles. The minimum atomic E-state index is -4.00. The van der Waals surface area contributed by atoms with Gasteiger partial charge in [-0.15, -0.1) is 11.3 Å². The van der Waals surface area contributed by atoms with Crippen molar-refractivity contribution < 1.29 is 27.8 Å². The smallest absolute Gasteiger partial charge is 0.335 e. The quantitative estimate of drug-likeness (QED) is 0.602. The van der Waals surface area contributed by atoms with Gasteiger partial charge in [-0.3, -0.25) is 4.72 Å². The second-order valence-electron chi connectivity index (χ2n) is 5.52. The lowest BCUT2D eigenvalue weighted by atomic mass is 10.2. The molecule has 0 radical (unpaired) electrons.